The zero-order valence-electron chi connectivity index (χ0n) is 12.2. The predicted molar refractivity (Wildman–Crippen MR) is 85.3 cm³/mol. The van der Waals surface area contributed by atoms with Crippen LogP contribution in [0.3, 0.4) is 0 Å². The smallest absolute Gasteiger partial charge is 0.328 e. The van der Waals surface area contributed by atoms with Gasteiger partial charge in [0.1, 0.15) is 5.54 Å². The minimum Gasteiger partial charge on any atom is -0.465 e. The summed E-state index contributed by atoms with van der Waals surface area (Å²) in [6.07, 6.45) is 5.89. The molecule has 0 saturated heterocycles. The van der Waals surface area contributed by atoms with Crippen molar-refractivity contribution in [3.8, 4) is 0 Å². The molecule has 1 saturated carbocycles. The molecule has 0 aliphatic heterocycles. The van der Waals surface area contributed by atoms with Crippen LogP contribution >= 0.6 is 22.6 Å². The van der Waals surface area contributed by atoms with E-state index in [4.69, 9.17) is 4.74 Å². The lowest BCUT2D eigenvalue weighted by molar-refractivity contribution is -0.153. The Morgan fingerprint density at radius 3 is 2.80 bits per heavy atom. The highest BCUT2D eigenvalue weighted by Crippen LogP contribution is 2.41. The van der Waals surface area contributed by atoms with Crippen LogP contribution in [0.5, 0.6) is 0 Å². The molecule has 1 aliphatic rings. The van der Waals surface area contributed by atoms with E-state index >= 15 is 0 Å². The van der Waals surface area contributed by atoms with Gasteiger partial charge in [0.25, 0.3) is 0 Å². The fourth-order valence-electron chi connectivity index (χ4n) is 2.61. The lowest BCUT2D eigenvalue weighted by Crippen LogP contribution is -2.60. The Kier molecular flexibility index (Phi) is 5.06. The third-order valence-electron chi connectivity index (χ3n) is 3.47. The summed E-state index contributed by atoms with van der Waals surface area (Å²) in [7, 11) is 0. The molecular weight excluding hydrogens is 369 g/mol. The first kappa shape index (κ1) is 15.8. The van der Waals surface area contributed by atoms with Gasteiger partial charge in [0.2, 0.25) is 0 Å². The molecule has 1 aliphatic carbocycles. The van der Waals surface area contributed by atoms with Gasteiger partial charge in [-0.1, -0.05) is 0 Å². The number of rotatable bonds is 7. The van der Waals surface area contributed by atoms with Gasteiger partial charge >= 0.3 is 5.97 Å². The zero-order chi connectivity index (χ0) is 14.8. The minimum absolute atomic E-state index is 0.151. The number of hydrogen-bond acceptors (Lipinski definition) is 4. The number of hydrogen-bond donors (Lipinski definition) is 1. The number of carbonyl (C=O) groups is 1. The van der Waals surface area contributed by atoms with Crippen molar-refractivity contribution in [3.05, 3.63) is 16.0 Å². The highest BCUT2D eigenvalue weighted by atomic mass is 127. The third kappa shape index (κ3) is 3.52. The van der Waals surface area contributed by atoms with E-state index in [1.807, 2.05) is 17.8 Å². The van der Waals surface area contributed by atoms with E-state index in [0.29, 0.717) is 19.1 Å². The van der Waals surface area contributed by atoms with Crippen LogP contribution in [-0.4, -0.2) is 33.9 Å². The van der Waals surface area contributed by atoms with Crippen molar-refractivity contribution in [2.75, 3.05) is 6.61 Å². The summed E-state index contributed by atoms with van der Waals surface area (Å²) in [5.74, 6) is 0.188. The summed E-state index contributed by atoms with van der Waals surface area (Å²) in [5.41, 5.74) is -0.653. The molecule has 112 valence electrons. The zero-order valence-corrected chi connectivity index (χ0v) is 14.4. The number of carbonyl (C=O) groups excluding carboxylic acids is 1. The van der Waals surface area contributed by atoms with Crippen molar-refractivity contribution in [2.24, 2.45) is 5.92 Å². The van der Waals surface area contributed by atoms with Gasteiger partial charge in [-0.15, -0.1) is 0 Å². The molecule has 0 aromatic carbocycles. The Morgan fingerprint density at radius 2 is 2.35 bits per heavy atom. The Bertz CT molecular complexity index is 471. The maximum absolute atomic E-state index is 12.6. The Hall–Kier alpha value is -0.630. The molecule has 6 heteroatoms. The quantitative estimate of drug-likeness (QED) is 0.572. The molecule has 1 aromatic rings. The molecule has 2 rings (SSSR count). The Morgan fingerprint density at radius 1 is 1.65 bits per heavy atom. The van der Waals surface area contributed by atoms with Crippen LogP contribution in [0.15, 0.2) is 12.4 Å². The molecule has 1 N–H and O–H groups in total. The average molecular weight is 391 g/mol. The van der Waals surface area contributed by atoms with Crippen LogP contribution in [0.1, 0.15) is 33.6 Å². The van der Waals surface area contributed by atoms with Crippen LogP contribution < -0.4 is 5.32 Å². The number of ether oxygens (including phenoxy) is 1. The molecule has 1 aromatic heterocycles. The molecule has 5 nitrogen and oxygen atoms in total. The van der Waals surface area contributed by atoms with E-state index in [0.717, 1.165) is 16.4 Å². The fourth-order valence-corrected chi connectivity index (χ4v) is 3.06. The lowest BCUT2D eigenvalue weighted by atomic mass is 9.92. The van der Waals surface area contributed by atoms with Gasteiger partial charge in [0.15, 0.2) is 0 Å². The molecule has 1 unspecified atom stereocenters. The van der Waals surface area contributed by atoms with Crippen LogP contribution in [0, 0.1) is 9.49 Å². The summed E-state index contributed by atoms with van der Waals surface area (Å²) in [4.78, 5) is 12.6. The van der Waals surface area contributed by atoms with Gasteiger partial charge in [-0.25, -0.2) is 4.79 Å². The second kappa shape index (κ2) is 6.43. The average Bonchev–Trinajstić information content (AvgIpc) is 3.13. The highest BCUT2D eigenvalue weighted by Gasteiger charge is 2.52. The van der Waals surface area contributed by atoms with Crippen LogP contribution in [-0.2, 0) is 16.1 Å². The molecular formula is C14H22IN3O2. The molecule has 1 heterocycles. The lowest BCUT2D eigenvalue weighted by Gasteiger charge is -2.34. The van der Waals surface area contributed by atoms with E-state index in [2.05, 4.69) is 46.9 Å². The van der Waals surface area contributed by atoms with Crippen molar-refractivity contribution in [1.82, 2.24) is 15.1 Å². The van der Waals surface area contributed by atoms with Crippen LogP contribution in [0.25, 0.3) is 0 Å². The first-order chi connectivity index (χ1) is 9.48. The van der Waals surface area contributed by atoms with Crippen LogP contribution in [0.2, 0.25) is 0 Å². The van der Waals surface area contributed by atoms with Crippen molar-refractivity contribution in [3.63, 3.8) is 0 Å². The minimum atomic E-state index is -0.653. The summed E-state index contributed by atoms with van der Waals surface area (Å²) in [6, 6.07) is 0.217. The van der Waals surface area contributed by atoms with E-state index in [1.165, 1.54) is 0 Å². The van der Waals surface area contributed by atoms with Gasteiger partial charge < -0.3 is 4.74 Å². The van der Waals surface area contributed by atoms with E-state index in [-0.39, 0.29) is 12.0 Å². The predicted octanol–water partition coefficient (Wildman–Crippen LogP) is 2.20. The maximum Gasteiger partial charge on any atom is 0.328 e. The second-order valence-electron chi connectivity index (χ2n) is 5.62. The molecule has 0 spiro atoms. The SMILES string of the molecule is CCOC(=O)C(Cn1cc(I)cn1)(NC(C)C)C1CC1. The number of nitrogens with one attached hydrogen (secondary N) is 1. The van der Waals surface area contributed by atoms with Gasteiger partial charge in [0.05, 0.1) is 22.9 Å². The summed E-state index contributed by atoms with van der Waals surface area (Å²) in [5, 5.41) is 7.78. The normalized spacial score (nSPS) is 18.1. The first-order valence-electron chi connectivity index (χ1n) is 7.11. The van der Waals surface area contributed by atoms with Crippen molar-refractivity contribution < 1.29 is 9.53 Å². The molecule has 1 atom stereocenters. The molecule has 1 fully saturated rings. The highest BCUT2D eigenvalue weighted by molar-refractivity contribution is 14.1. The monoisotopic (exact) mass is 391 g/mol. The van der Waals surface area contributed by atoms with Crippen LogP contribution in [0.4, 0.5) is 0 Å². The van der Waals surface area contributed by atoms with Gasteiger partial charge in [-0.2, -0.15) is 5.10 Å². The number of nitrogens with zero attached hydrogens (tertiary/aromatic N) is 2. The van der Waals surface area contributed by atoms with Gasteiger partial charge in [-0.05, 0) is 62.1 Å². The standard InChI is InChI=1S/C14H22IN3O2/c1-4-20-13(19)14(11-5-6-11,17-10(2)3)9-18-8-12(15)7-16-18/h7-8,10-11,17H,4-6,9H2,1-3H3. The summed E-state index contributed by atoms with van der Waals surface area (Å²) < 4.78 is 8.25. The number of halogens is 1. The molecule has 0 radical (unpaired) electrons. The van der Waals surface area contributed by atoms with Crippen molar-refractivity contribution in [2.45, 2.75) is 51.7 Å². The molecule has 0 amide bonds. The largest absolute Gasteiger partial charge is 0.465 e. The molecule has 20 heavy (non-hydrogen) atoms. The Balaban J connectivity index is 2.27. The van der Waals surface area contributed by atoms with E-state index < -0.39 is 5.54 Å². The molecule has 0 bridgehead atoms. The van der Waals surface area contributed by atoms with E-state index in [9.17, 15) is 4.79 Å². The maximum atomic E-state index is 12.6. The van der Waals surface area contributed by atoms with Crippen molar-refractivity contribution >= 4 is 28.6 Å². The second-order valence-corrected chi connectivity index (χ2v) is 6.87. The van der Waals surface area contributed by atoms with Gasteiger partial charge in [-0.3, -0.25) is 10.00 Å². The summed E-state index contributed by atoms with van der Waals surface area (Å²) >= 11 is 2.22. The number of aromatic nitrogens is 2. The Labute approximate surface area is 133 Å². The fraction of sp³-hybridized carbons (Fsp3) is 0.714. The number of esters is 1. The first-order valence-corrected chi connectivity index (χ1v) is 8.18. The summed E-state index contributed by atoms with van der Waals surface area (Å²) in [6.45, 7) is 6.90. The third-order valence-corrected chi connectivity index (χ3v) is 4.03. The van der Waals surface area contributed by atoms with Gasteiger partial charge in [0, 0.05) is 12.2 Å². The topological polar surface area (TPSA) is 56.2 Å². The van der Waals surface area contributed by atoms with E-state index in [1.54, 1.807) is 6.20 Å². The van der Waals surface area contributed by atoms with Crippen molar-refractivity contribution in [1.29, 1.82) is 0 Å².